The number of benzene rings is 1. The van der Waals surface area contributed by atoms with Gasteiger partial charge in [0.25, 0.3) is 0 Å². The number of carbonyl (C=O) groups excluding carboxylic acids is 1. The molecule has 1 aromatic rings. The van der Waals surface area contributed by atoms with Gasteiger partial charge in [-0.25, -0.2) is 0 Å². The molecule has 18 heavy (non-hydrogen) atoms. The Morgan fingerprint density at radius 2 is 2.11 bits per heavy atom. The molecule has 0 spiro atoms. The quantitative estimate of drug-likeness (QED) is 0.835. The maximum atomic E-state index is 12.2. The van der Waals surface area contributed by atoms with Crippen LogP contribution in [-0.4, -0.2) is 16.7 Å². The smallest absolute Gasteiger partial charge is 0.228 e. The molecule has 0 unspecified atom stereocenters. The molecule has 3 heteroatoms. The maximum Gasteiger partial charge on any atom is 0.228 e. The summed E-state index contributed by atoms with van der Waals surface area (Å²) in [4.78, 5) is 12.2. The number of amides is 1. The van der Waals surface area contributed by atoms with Crippen LogP contribution in [0.3, 0.4) is 0 Å². The van der Waals surface area contributed by atoms with E-state index in [-0.39, 0.29) is 11.8 Å². The molecule has 3 nitrogen and oxygen atoms in total. The molecular formula is C15H19NO2. The molecule has 2 fully saturated rings. The predicted molar refractivity (Wildman–Crippen MR) is 68.7 cm³/mol. The van der Waals surface area contributed by atoms with Crippen molar-refractivity contribution in [3.8, 4) is 0 Å². The van der Waals surface area contributed by atoms with Gasteiger partial charge in [-0.2, -0.15) is 0 Å². The van der Waals surface area contributed by atoms with E-state index in [1.165, 1.54) is 0 Å². The number of rotatable bonds is 2. The monoisotopic (exact) mass is 245 g/mol. The molecule has 3 rings (SSSR count). The molecule has 1 saturated carbocycles. The van der Waals surface area contributed by atoms with Crippen LogP contribution in [0.1, 0.15) is 31.7 Å². The molecule has 1 aliphatic carbocycles. The summed E-state index contributed by atoms with van der Waals surface area (Å²) in [6.45, 7) is 1.99. The lowest BCUT2D eigenvalue weighted by Gasteiger charge is -2.30. The molecule has 1 amide bonds. The van der Waals surface area contributed by atoms with Crippen LogP contribution in [0.4, 0.5) is 0 Å². The zero-order chi connectivity index (χ0) is 12.8. The van der Waals surface area contributed by atoms with E-state index in [4.69, 9.17) is 0 Å². The Hall–Kier alpha value is -1.35. The number of carbonyl (C=O) groups is 1. The summed E-state index contributed by atoms with van der Waals surface area (Å²) in [5.74, 6) is 0.0382. The highest BCUT2D eigenvalue weighted by atomic mass is 16.3. The fourth-order valence-corrected chi connectivity index (χ4v) is 3.70. The summed E-state index contributed by atoms with van der Waals surface area (Å²) >= 11 is 0. The second-order valence-corrected chi connectivity index (χ2v) is 5.90. The first-order chi connectivity index (χ1) is 8.55. The lowest BCUT2D eigenvalue weighted by Crippen LogP contribution is -2.42. The van der Waals surface area contributed by atoms with Crippen LogP contribution in [0.25, 0.3) is 0 Å². The summed E-state index contributed by atoms with van der Waals surface area (Å²) in [5, 5.41) is 13.3. The molecule has 1 aliphatic heterocycles. The van der Waals surface area contributed by atoms with Crippen LogP contribution in [-0.2, 0) is 11.2 Å². The third-order valence-corrected chi connectivity index (χ3v) is 4.66. The lowest BCUT2D eigenvalue weighted by atomic mass is 9.72. The molecule has 0 radical (unpaired) electrons. The Balaban J connectivity index is 1.92. The van der Waals surface area contributed by atoms with E-state index >= 15 is 0 Å². The standard InChI is InChI=1S/C15H19NO2/c1-14(10-11-6-3-2-4-7-11)12-8-5-9-15(12,18)16-13(14)17/h2-4,6-7,12,18H,5,8-10H2,1H3,(H,16,17)/t12-,14-,15+/m1/s1. The Morgan fingerprint density at radius 3 is 2.83 bits per heavy atom. The first-order valence-electron chi connectivity index (χ1n) is 6.63. The summed E-state index contributed by atoms with van der Waals surface area (Å²) in [5.41, 5.74) is -0.279. The van der Waals surface area contributed by atoms with E-state index in [0.717, 1.165) is 18.4 Å². The van der Waals surface area contributed by atoms with Crippen molar-refractivity contribution in [2.45, 2.75) is 38.3 Å². The van der Waals surface area contributed by atoms with Crippen molar-refractivity contribution in [3.05, 3.63) is 35.9 Å². The summed E-state index contributed by atoms with van der Waals surface area (Å²) in [6.07, 6.45) is 3.31. The predicted octanol–water partition coefficient (Wildman–Crippen LogP) is 1.85. The third kappa shape index (κ3) is 1.57. The molecular weight excluding hydrogens is 226 g/mol. The van der Waals surface area contributed by atoms with E-state index in [2.05, 4.69) is 5.32 Å². The molecule has 0 bridgehead atoms. The van der Waals surface area contributed by atoms with Crippen LogP contribution >= 0.6 is 0 Å². The van der Waals surface area contributed by atoms with Crippen molar-refractivity contribution in [2.24, 2.45) is 11.3 Å². The first-order valence-corrected chi connectivity index (χ1v) is 6.63. The highest BCUT2D eigenvalue weighted by molar-refractivity contribution is 5.86. The minimum absolute atomic E-state index is 0.00134. The van der Waals surface area contributed by atoms with Gasteiger partial charge in [-0.05, 0) is 38.2 Å². The second kappa shape index (κ2) is 3.82. The van der Waals surface area contributed by atoms with Gasteiger partial charge in [-0.15, -0.1) is 0 Å². The van der Waals surface area contributed by atoms with Gasteiger partial charge in [-0.3, -0.25) is 4.79 Å². The maximum absolute atomic E-state index is 12.2. The van der Waals surface area contributed by atoms with Crippen LogP contribution in [0.5, 0.6) is 0 Å². The molecule has 0 aromatic heterocycles. The van der Waals surface area contributed by atoms with Crippen LogP contribution < -0.4 is 5.32 Å². The average Bonchev–Trinajstić information content (AvgIpc) is 2.79. The minimum atomic E-state index is -0.958. The average molecular weight is 245 g/mol. The number of fused-ring (bicyclic) bond motifs is 1. The molecule has 3 atom stereocenters. The highest BCUT2D eigenvalue weighted by Crippen LogP contribution is 2.51. The second-order valence-electron chi connectivity index (χ2n) is 5.90. The van der Waals surface area contributed by atoms with Gasteiger partial charge in [0.2, 0.25) is 5.91 Å². The molecule has 1 aromatic carbocycles. The summed E-state index contributed by atoms with van der Waals surface area (Å²) in [6, 6.07) is 10.1. The third-order valence-electron chi connectivity index (χ3n) is 4.66. The van der Waals surface area contributed by atoms with Gasteiger partial charge in [0.1, 0.15) is 5.72 Å². The van der Waals surface area contributed by atoms with Gasteiger partial charge in [-0.1, -0.05) is 30.3 Å². The van der Waals surface area contributed by atoms with Gasteiger partial charge in [0.15, 0.2) is 0 Å². The number of aliphatic hydroxyl groups is 1. The molecule has 96 valence electrons. The van der Waals surface area contributed by atoms with Gasteiger partial charge in [0.05, 0.1) is 5.41 Å². The Bertz CT molecular complexity index is 473. The number of hydrogen-bond donors (Lipinski definition) is 2. The van der Waals surface area contributed by atoms with Crippen LogP contribution in [0.15, 0.2) is 30.3 Å². The van der Waals surface area contributed by atoms with E-state index in [1.807, 2.05) is 37.3 Å². The molecule has 1 heterocycles. The molecule has 2 aliphatic rings. The van der Waals surface area contributed by atoms with E-state index in [0.29, 0.717) is 12.8 Å². The largest absolute Gasteiger partial charge is 0.371 e. The highest BCUT2D eigenvalue weighted by Gasteiger charge is 2.60. The van der Waals surface area contributed by atoms with Crippen molar-refractivity contribution < 1.29 is 9.90 Å². The topological polar surface area (TPSA) is 49.3 Å². The Kier molecular flexibility index (Phi) is 2.49. The number of nitrogens with one attached hydrogen (secondary N) is 1. The zero-order valence-electron chi connectivity index (χ0n) is 10.6. The SMILES string of the molecule is C[C@]1(Cc2ccccc2)C(=O)N[C@]2(O)CCC[C@@H]21. The molecule has 2 N–H and O–H groups in total. The fraction of sp³-hybridized carbons (Fsp3) is 0.533. The first kappa shape index (κ1) is 11.7. The van der Waals surface area contributed by atoms with Crippen LogP contribution in [0, 0.1) is 11.3 Å². The van der Waals surface area contributed by atoms with E-state index < -0.39 is 11.1 Å². The minimum Gasteiger partial charge on any atom is -0.371 e. The summed E-state index contributed by atoms with van der Waals surface area (Å²) in [7, 11) is 0. The van der Waals surface area contributed by atoms with E-state index in [9.17, 15) is 9.90 Å². The van der Waals surface area contributed by atoms with Crippen molar-refractivity contribution in [2.75, 3.05) is 0 Å². The normalized spacial score (nSPS) is 38.6. The number of hydrogen-bond acceptors (Lipinski definition) is 2. The van der Waals surface area contributed by atoms with Crippen molar-refractivity contribution >= 4 is 5.91 Å². The van der Waals surface area contributed by atoms with Gasteiger partial charge in [0, 0.05) is 5.92 Å². The Labute approximate surface area is 107 Å². The zero-order valence-corrected chi connectivity index (χ0v) is 10.6. The van der Waals surface area contributed by atoms with Crippen molar-refractivity contribution in [1.29, 1.82) is 0 Å². The van der Waals surface area contributed by atoms with Crippen LogP contribution in [0.2, 0.25) is 0 Å². The fourth-order valence-electron chi connectivity index (χ4n) is 3.70. The molecule has 1 saturated heterocycles. The van der Waals surface area contributed by atoms with Gasteiger partial charge >= 0.3 is 0 Å². The van der Waals surface area contributed by atoms with E-state index in [1.54, 1.807) is 0 Å². The Morgan fingerprint density at radius 1 is 1.39 bits per heavy atom. The van der Waals surface area contributed by atoms with Crippen molar-refractivity contribution in [1.82, 2.24) is 5.32 Å². The van der Waals surface area contributed by atoms with Crippen molar-refractivity contribution in [3.63, 3.8) is 0 Å². The van der Waals surface area contributed by atoms with Gasteiger partial charge < -0.3 is 10.4 Å². The summed E-state index contributed by atoms with van der Waals surface area (Å²) < 4.78 is 0. The lowest BCUT2D eigenvalue weighted by molar-refractivity contribution is -0.128.